The highest BCUT2D eigenvalue weighted by Gasteiger charge is 2.52. The zero-order valence-electron chi connectivity index (χ0n) is 8.13. The number of aliphatic carboxylic acids is 1. The van der Waals surface area contributed by atoms with Gasteiger partial charge in [-0.3, -0.25) is 0 Å². The van der Waals surface area contributed by atoms with Crippen molar-refractivity contribution in [2.45, 2.75) is 51.0 Å². The second-order valence-electron chi connectivity index (χ2n) is 4.53. The molecule has 0 unspecified atom stereocenters. The van der Waals surface area contributed by atoms with Crippen molar-refractivity contribution in [3.8, 4) is 0 Å². The summed E-state index contributed by atoms with van der Waals surface area (Å²) in [7, 11) is 0. The average Bonchev–Trinajstić information content (AvgIpc) is 1.79. The molecule has 0 aliphatic heterocycles. The Hall–Kier alpha value is -0.640. The van der Waals surface area contributed by atoms with Crippen LogP contribution in [0.15, 0.2) is 0 Å². The molecular weight excluding hydrogens is 175 g/mol. The molecule has 1 N–H and O–H groups in total. The van der Waals surface area contributed by atoms with E-state index >= 15 is 0 Å². The summed E-state index contributed by atoms with van der Waals surface area (Å²) in [6, 6.07) is 0. The fourth-order valence-electron chi connectivity index (χ4n) is 1.42. The Balaban J connectivity index is 2.38. The number of rotatable bonds is 2. The summed E-state index contributed by atoms with van der Waals surface area (Å²) >= 11 is 0. The number of alkyl halides is 1. The Kier molecular flexibility index (Phi) is 2.36. The summed E-state index contributed by atoms with van der Waals surface area (Å²) in [6.45, 7) is 5.60. The van der Waals surface area contributed by atoms with Gasteiger partial charge in [0, 0.05) is 12.8 Å². The maximum absolute atomic E-state index is 13.2. The van der Waals surface area contributed by atoms with Crippen LogP contribution in [0, 0.1) is 0 Å². The van der Waals surface area contributed by atoms with E-state index in [4.69, 9.17) is 9.84 Å². The van der Waals surface area contributed by atoms with Crippen LogP contribution in [-0.2, 0) is 9.53 Å². The lowest BCUT2D eigenvalue weighted by Crippen LogP contribution is -2.52. The number of halogens is 1. The quantitative estimate of drug-likeness (QED) is 0.721. The standard InChI is InChI=1S/C9H15FO3/c1-8(2,3)13-6-4-9(10,5-6)7(11)12/h6H,4-5H2,1-3H3,(H,11,12). The molecule has 0 bridgehead atoms. The largest absolute Gasteiger partial charge is 0.479 e. The number of carbonyl (C=O) groups is 1. The van der Waals surface area contributed by atoms with Crippen molar-refractivity contribution in [2.75, 3.05) is 0 Å². The predicted octanol–water partition coefficient (Wildman–Crippen LogP) is 1.76. The molecule has 1 saturated carbocycles. The van der Waals surface area contributed by atoms with Gasteiger partial charge in [-0.25, -0.2) is 9.18 Å². The molecule has 76 valence electrons. The van der Waals surface area contributed by atoms with Crippen molar-refractivity contribution >= 4 is 5.97 Å². The third kappa shape index (κ3) is 2.40. The molecule has 13 heavy (non-hydrogen) atoms. The third-order valence-corrected chi connectivity index (χ3v) is 2.01. The monoisotopic (exact) mass is 190 g/mol. The lowest BCUT2D eigenvalue weighted by molar-refractivity contribution is -0.184. The summed E-state index contributed by atoms with van der Waals surface area (Å²) in [6.07, 6.45) is -0.305. The smallest absolute Gasteiger partial charge is 0.341 e. The van der Waals surface area contributed by atoms with Crippen LogP contribution in [0.4, 0.5) is 4.39 Å². The normalized spacial score (nSPS) is 34.0. The molecule has 1 rings (SSSR count). The minimum absolute atomic E-state index is 0.0282. The van der Waals surface area contributed by atoms with Crippen molar-refractivity contribution in [1.29, 1.82) is 0 Å². The molecule has 4 heteroatoms. The van der Waals surface area contributed by atoms with Gasteiger partial charge in [-0.2, -0.15) is 0 Å². The fraction of sp³-hybridized carbons (Fsp3) is 0.889. The lowest BCUT2D eigenvalue weighted by atomic mass is 9.79. The van der Waals surface area contributed by atoms with Gasteiger partial charge in [0.05, 0.1) is 11.7 Å². The summed E-state index contributed by atoms with van der Waals surface area (Å²) in [5, 5.41) is 8.48. The van der Waals surface area contributed by atoms with Crippen molar-refractivity contribution in [3.63, 3.8) is 0 Å². The Morgan fingerprint density at radius 1 is 1.54 bits per heavy atom. The van der Waals surface area contributed by atoms with E-state index in [9.17, 15) is 9.18 Å². The molecule has 0 aromatic carbocycles. The van der Waals surface area contributed by atoms with Gasteiger partial charge in [0.2, 0.25) is 5.67 Å². The first-order chi connectivity index (χ1) is 5.73. The molecule has 0 radical (unpaired) electrons. The summed E-state index contributed by atoms with van der Waals surface area (Å²) < 4.78 is 18.6. The second-order valence-corrected chi connectivity index (χ2v) is 4.53. The summed E-state index contributed by atoms with van der Waals surface area (Å²) in [4.78, 5) is 10.4. The van der Waals surface area contributed by atoms with E-state index in [0.29, 0.717) is 0 Å². The van der Waals surface area contributed by atoms with Crippen molar-refractivity contribution in [3.05, 3.63) is 0 Å². The van der Waals surface area contributed by atoms with Gasteiger partial charge in [0.1, 0.15) is 0 Å². The minimum atomic E-state index is -2.05. The van der Waals surface area contributed by atoms with Crippen LogP contribution >= 0.6 is 0 Å². The molecule has 0 aromatic rings. The van der Waals surface area contributed by atoms with Crippen molar-refractivity contribution < 1.29 is 19.0 Å². The fourth-order valence-corrected chi connectivity index (χ4v) is 1.42. The van der Waals surface area contributed by atoms with Crippen molar-refractivity contribution in [1.82, 2.24) is 0 Å². The van der Waals surface area contributed by atoms with Crippen LogP contribution in [0.5, 0.6) is 0 Å². The van der Waals surface area contributed by atoms with Crippen molar-refractivity contribution in [2.24, 2.45) is 0 Å². The van der Waals surface area contributed by atoms with Crippen LogP contribution in [0.1, 0.15) is 33.6 Å². The molecular formula is C9H15FO3. The van der Waals surface area contributed by atoms with Crippen LogP contribution in [0.3, 0.4) is 0 Å². The van der Waals surface area contributed by atoms with E-state index in [1.54, 1.807) is 0 Å². The van der Waals surface area contributed by atoms with E-state index < -0.39 is 11.6 Å². The van der Waals surface area contributed by atoms with Gasteiger partial charge >= 0.3 is 5.97 Å². The summed E-state index contributed by atoms with van der Waals surface area (Å²) in [5.74, 6) is -1.37. The first kappa shape index (κ1) is 10.4. The maximum atomic E-state index is 13.2. The number of carboxylic acids is 1. The van der Waals surface area contributed by atoms with Crippen LogP contribution in [0.25, 0.3) is 0 Å². The lowest BCUT2D eigenvalue weighted by Gasteiger charge is -2.41. The molecule has 0 amide bonds. The predicted molar refractivity (Wildman–Crippen MR) is 45.3 cm³/mol. The molecule has 0 heterocycles. The van der Waals surface area contributed by atoms with E-state index in [0.717, 1.165) is 0 Å². The highest BCUT2D eigenvalue weighted by Crippen LogP contribution is 2.40. The first-order valence-electron chi connectivity index (χ1n) is 4.33. The van der Waals surface area contributed by atoms with E-state index in [2.05, 4.69) is 0 Å². The Morgan fingerprint density at radius 2 is 2.00 bits per heavy atom. The van der Waals surface area contributed by atoms with E-state index in [1.807, 2.05) is 20.8 Å². The van der Waals surface area contributed by atoms with Gasteiger partial charge in [0.15, 0.2) is 0 Å². The molecule has 1 aliphatic rings. The van der Waals surface area contributed by atoms with Crippen LogP contribution in [-0.4, -0.2) is 28.4 Å². The Morgan fingerprint density at radius 3 is 2.31 bits per heavy atom. The van der Waals surface area contributed by atoms with Crippen LogP contribution in [0.2, 0.25) is 0 Å². The van der Waals surface area contributed by atoms with Crippen LogP contribution < -0.4 is 0 Å². The SMILES string of the molecule is CC(C)(C)OC1CC(F)(C(=O)O)C1. The number of carboxylic acid groups (broad SMARTS) is 1. The Bertz CT molecular complexity index is 213. The second kappa shape index (κ2) is 2.94. The molecule has 1 fully saturated rings. The molecule has 1 aliphatic carbocycles. The topological polar surface area (TPSA) is 46.5 Å². The average molecular weight is 190 g/mol. The maximum Gasteiger partial charge on any atom is 0.341 e. The molecule has 3 nitrogen and oxygen atoms in total. The number of hydrogen-bond donors (Lipinski definition) is 1. The van der Waals surface area contributed by atoms with Gasteiger partial charge in [0.25, 0.3) is 0 Å². The highest BCUT2D eigenvalue weighted by molar-refractivity contribution is 5.78. The first-order valence-corrected chi connectivity index (χ1v) is 4.33. The zero-order valence-corrected chi connectivity index (χ0v) is 8.13. The van der Waals surface area contributed by atoms with E-state index in [-0.39, 0.29) is 24.5 Å². The summed E-state index contributed by atoms with van der Waals surface area (Å²) in [5.41, 5.74) is -2.37. The van der Waals surface area contributed by atoms with Gasteiger partial charge < -0.3 is 9.84 Å². The molecule has 0 saturated heterocycles. The Labute approximate surface area is 76.9 Å². The molecule has 0 atom stereocenters. The van der Waals surface area contributed by atoms with Gasteiger partial charge in [-0.15, -0.1) is 0 Å². The van der Waals surface area contributed by atoms with Gasteiger partial charge in [-0.05, 0) is 20.8 Å². The minimum Gasteiger partial charge on any atom is -0.479 e. The van der Waals surface area contributed by atoms with Gasteiger partial charge in [-0.1, -0.05) is 0 Å². The number of hydrogen-bond acceptors (Lipinski definition) is 2. The third-order valence-electron chi connectivity index (χ3n) is 2.01. The molecule has 0 spiro atoms. The highest BCUT2D eigenvalue weighted by atomic mass is 19.1. The zero-order chi connectivity index (χ0) is 10.3. The van der Waals surface area contributed by atoms with E-state index in [1.165, 1.54) is 0 Å². The molecule has 0 aromatic heterocycles. The number of ether oxygens (including phenoxy) is 1.